The lowest BCUT2D eigenvalue weighted by Gasteiger charge is -2.05. The monoisotopic (exact) mass is 301 g/mol. The molecule has 0 aliphatic carbocycles. The van der Waals surface area contributed by atoms with Crippen molar-refractivity contribution >= 4 is 22.4 Å². The Kier molecular flexibility index (Phi) is 3.42. The van der Waals surface area contributed by atoms with Crippen molar-refractivity contribution in [3.8, 4) is 0 Å². The maximum Gasteiger partial charge on any atom is 0.344 e. The van der Waals surface area contributed by atoms with Gasteiger partial charge in [-0.3, -0.25) is 4.79 Å². The molecule has 2 aromatic carbocycles. The molecular weight excluding hydrogens is 292 g/mol. The van der Waals surface area contributed by atoms with Gasteiger partial charge in [-0.2, -0.15) is 0 Å². The summed E-state index contributed by atoms with van der Waals surface area (Å²) in [5.41, 5.74) is -0.590. The van der Waals surface area contributed by atoms with E-state index in [1.807, 2.05) is 0 Å². The molecule has 1 N–H and O–H groups in total. The van der Waals surface area contributed by atoms with E-state index in [4.69, 9.17) is 4.42 Å². The number of carbonyl (C=O) groups is 1. The number of carbonyl (C=O) groups excluding carboxylic acids is 1. The standard InChI is InChI=1S/C16H9F2NO3/c17-12-6-5-10(8-13(12)18)19-15(20)14-7-9-3-1-2-4-11(9)16(21)22-14/h1-8H,(H,19,20). The second-order valence-corrected chi connectivity index (χ2v) is 4.57. The average molecular weight is 301 g/mol. The van der Waals surface area contributed by atoms with Gasteiger partial charge in [-0.1, -0.05) is 18.2 Å². The first-order valence-corrected chi connectivity index (χ1v) is 6.34. The number of benzene rings is 2. The van der Waals surface area contributed by atoms with Crippen LogP contribution in [-0.2, 0) is 0 Å². The van der Waals surface area contributed by atoms with E-state index < -0.39 is 23.2 Å². The van der Waals surface area contributed by atoms with Crippen LogP contribution in [0.5, 0.6) is 0 Å². The Morgan fingerprint density at radius 2 is 1.77 bits per heavy atom. The molecule has 3 aromatic rings. The molecule has 1 heterocycles. The van der Waals surface area contributed by atoms with Gasteiger partial charge in [0.05, 0.1) is 5.39 Å². The third-order valence-electron chi connectivity index (χ3n) is 3.07. The van der Waals surface area contributed by atoms with E-state index in [1.54, 1.807) is 24.3 Å². The van der Waals surface area contributed by atoms with Gasteiger partial charge in [0.1, 0.15) is 0 Å². The van der Waals surface area contributed by atoms with E-state index in [2.05, 4.69) is 5.32 Å². The minimum Gasteiger partial charge on any atom is -0.417 e. The summed E-state index contributed by atoms with van der Waals surface area (Å²) in [5, 5.41) is 3.24. The van der Waals surface area contributed by atoms with Crippen molar-refractivity contribution in [1.82, 2.24) is 0 Å². The molecule has 0 unspecified atom stereocenters. The number of rotatable bonds is 2. The van der Waals surface area contributed by atoms with Crippen LogP contribution in [0, 0.1) is 11.6 Å². The molecule has 0 fully saturated rings. The Bertz CT molecular complexity index is 934. The number of fused-ring (bicyclic) bond motifs is 1. The molecule has 4 nitrogen and oxygen atoms in total. The summed E-state index contributed by atoms with van der Waals surface area (Å²) in [5.74, 6) is -3.05. The highest BCUT2D eigenvalue weighted by Gasteiger charge is 2.13. The first-order chi connectivity index (χ1) is 10.5. The van der Waals surface area contributed by atoms with Gasteiger partial charge in [0.25, 0.3) is 5.91 Å². The molecule has 0 spiro atoms. The summed E-state index contributed by atoms with van der Waals surface area (Å²) in [4.78, 5) is 23.8. The summed E-state index contributed by atoms with van der Waals surface area (Å²) < 4.78 is 30.9. The molecule has 0 bridgehead atoms. The van der Waals surface area contributed by atoms with Gasteiger partial charge in [-0.25, -0.2) is 13.6 Å². The van der Waals surface area contributed by atoms with E-state index >= 15 is 0 Å². The second kappa shape index (κ2) is 5.40. The Morgan fingerprint density at radius 1 is 1.00 bits per heavy atom. The Hall–Kier alpha value is -3.02. The number of hydrogen-bond acceptors (Lipinski definition) is 3. The molecule has 1 aromatic heterocycles. The molecule has 0 saturated carbocycles. The van der Waals surface area contributed by atoms with Crippen LogP contribution in [0.1, 0.15) is 10.6 Å². The number of halogens is 2. The zero-order valence-corrected chi connectivity index (χ0v) is 11.1. The molecule has 6 heteroatoms. The highest BCUT2D eigenvalue weighted by molar-refractivity contribution is 6.03. The zero-order chi connectivity index (χ0) is 15.7. The number of amides is 1. The van der Waals surface area contributed by atoms with E-state index in [0.29, 0.717) is 10.8 Å². The van der Waals surface area contributed by atoms with Crippen molar-refractivity contribution < 1.29 is 18.0 Å². The van der Waals surface area contributed by atoms with Crippen molar-refractivity contribution in [2.45, 2.75) is 0 Å². The van der Waals surface area contributed by atoms with Crippen molar-refractivity contribution in [3.05, 3.63) is 76.3 Å². The molecule has 0 aliphatic heterocycles. The summed E-state index contributed by atoms with van der Waals surface area (Å²) >= 11 is 0. The molecule has 0 atom stereocenters. The summed E-state index contributed by atoms with van der Waals surface area (Å²) in [6, 6.07) is 11.0. The van der Waals surface area contributed by atoms with E-state index in [1.165, 1.54) is 12.1 Å². The number of anilines is 1. The van der Waals surface area contributed by atoms with Crippen LogP contribution in [-0.4, -0.2) is 5.91 Å². The van der Waals surface area contributed by atoms with Gasteiger partial charge in [0, 0.05) is 11.8 Å². The van der Waals surface area contributed by atoms with Crippen LogP contribution >= 0.6 is 0 Å². The topological polar surface area (TPSA) is 59.3 Å². The third kappa shape index (κ3) is 2.58. The zero-order valence-electron chi connectivity index (χ0n) is 11.1. The minimum absolute atomic E-state index is 0.0553. The second-order valence-electron chi connectivity index (χ2n) is 4.57. The van der Waals surface area contributed by atoms with Crippen LogP contribution < -0.4 is 10.9 Å². The lowest BCUT2D eigenvalue weighted by Crippen LogP contribution is -2.15. The van der Waals surface area contributed by atoms with Crippen LogP contribution in [0.3, 0.4) is 0 Å². The highest BCUT2D eigenvalue weighted by atomic mass is 19.2. The Balaban J connectivity index is 1.95. The third-order valence-corrected chi connectivity index (χ3v) is 3.07. The lowest BCUT2D eigenvalue weighted by atomic mass is 10.1. The molecule has 1 amide bonds. The maximum atomic E-state index is 13.1. The Morgan fingerprint density at radius 3 is 2.55 bits per heavy atom. The van der Waals surface area contributed by atoms with Crippen LogP contribution in [0.2, 0.25) is 0 Å². The summed E-state index contributed by atoms with van der Waals surface area (Å²) in [7, 11) is 0. The van der Waals surface area contributed by atoms with E-state index in [0.717, 1.165) is 12.1 Å². The SMILES string of the molecule is O=C(Nc1ccc(F)c(F)c1)c1cc2ccccc2c(=O)o1. The molecule has 0 saturated heterocycles. The van der Waals surface area contributed by atoms with Gasteiger partial charge < -0.3 is 9.73 Å². The molecule has 22 heavy (non-hydrogen) atoms. The molecular formula is C16H9F2NO3. The van der Waals surface area contributed by atoms with Crippen LogP contribution in [0.15, 0.2) is 57.7 Å². The van der Waals surface area contributed by atoms with Gasteiger partial charge in [-0.05, 0) is 29.7 Å². The van der Waals surface area contributed by atoms with Crippen LogP contribution in [0.4, 0.5) is 14.5 Å². The molecule has 110 valence electrons. The van der Waals surface area contributed by atoms with Crippen molar-refractivity contribution in [3.63, 3.8) is 0 Å². The predicted molar refractivity (Wildman–Crippen MR) is 76.8 cm³/mol. The summed E-state index contributed by atoms with van der Waals surface area (Å²) in [6.07, 6.45) is 0. The minimum atomic E-state index is -1.09. The van der Waals surface area contributed by atoms with Gasteiger partial charge >= 0.3 is 5.63 Å². The number of hydrogen-bond donors (Lipinski definition) is 1. The molecule has 0 radical (unpaired) electrons. The van der Waals surface area contributed by atoms with E-state index in [9.17, 15) is 18.4 Å². The average Bonchev–Trinajstić information content (AvgIpc) is 2.51. The van der Waals surface area contributed by atoms with Crippen molar-refractivity contribution in [2.24, 2.45) is 0 Å². The fraction of sp³-hybridized carbons (Fsp3) is 0. The first-order valence-electron chi connectivity index (χ1n) is 6.34. The predicted octanol–water partition coefficient (Wildman–Crippen LogP) is 3.32. The largest absolute Gasteiger partial charge is 0.417 e. The lowest BCUT2D eigenvalue weighted by molar-refractivity contribution is 0.0993. The van der Waals surface area contributed by atoms with Crippen molar-refractivity contribution in [1.29, 1.82) is 0 Å². The van der Waals surface area contributed by atoms with Crippen molar-refractivity contribution in [2.75, 3.05) is 5.32 Å². The Labute approximate surface area is 123 Å². The highest BCUT2D eigenvalue weighted by Crippen LogP contribution is 2.16. The first kappa shape index (κ1) is 13.9. The molecule has 3 rings (SSSR count). The van der Waals surface area contributed by atoms with Gasteiger partial charge in [-0.15, -0.1) is 0 Å². The van der Waals surface area contributed by atoms with Gasteiger partial charge in [0.15, 0.2) is 17.4 Å². The van der Waals surface area contributed by atoms with E-state index in [-0.39, 0.29) is 11.4 Å². The smallest absolute Gasteiger partial charge is 0.344 e. The quantitative estimate of drug-likeness (QED) is 0.790. The fourth-order valence-corrected chi connectivity index (χ4v) is 2.01. The molecule has 0 aliphatic rings. The summed E-state index contributed by atoms with van der Waals surface area (Å²) in [6.45, 7) is 0. The normalized spacial score (nSPS) is 10.6. The van der Waals surface area contributed by atoms with Crippen LogP contribution in [0.25, 0.3) is 10.8 Å². The fourth-order valence-electron chi connectivity index (χ4n) is 2.01. The number of nitrogens with one attached hydrogen (secondary N) is 1. The maximum absolute atomic E-state index is 13.1. The van der Waals surface area contributed by atoms with Gasteiger partial charge in [0.2, 0.25) is 0 Å².